The third-order valence-electron chi connectivity index (χ3n) is 8.50. The summed E-state index contributed by atoms with van der Waals surface area (Å²) in [6.07, 6.45) is 1.55. The Hall–Kier alpha value is -6.47. The number of rotatable bonds is 14. The maximum atomic E-state index is 14.3. The quantitative estimate of drug-likeness (QED) is 0.0486. The van der Waals surface area contributed by atoms with Gasteiger partial charge in [-0.3, -0.25) is 19.2 Å². The topological polar surface area (TPSA) is 143 Å². The largest absolute Gasteiger partial charge is 0.462 e. The van der Waals surface area contributed by atoms with Gasteiger partial charge in [-0.1, -0.05) is 96.5 Å². The fourth-order valence-corrected chi connectivity index (χ4v) is 8.01. The molecule has 1 heterocycles. The molecule has 0 radical (unpaired) electrons. The number of hydrogen-bond donors (Lipinski definition) is 4. The molecule has 0 spiro atoms. The van der Waals surface area contributed by atoms with Crippen LogP contribution in [-0.2, 0) is 14.3 Å². The van der Waals surface area contributed by atoms with Crippen LogP contribution in [0.1, 0.15) is 59.3 Å². The average molecular weight is 829 g/mol. The summed E-state index contributed by atoms with van der Waals surface area (Å²) in [4.78, 5) is 68.7. The van der Waals surface area contributed by atoms with Gasteiger partial charge in [0.1, 0.15) is 15.9 Å². The van der Waals surface area contributed by atoms with Gasteiger partial charge in [0.15, 0.2) is 0 Å². The maximum absolute atomic E-state index is 14.3. The van der Waals surface area contributed by atoms with Crippen LogP contribution >= 0.6 is 34.7 Å². The van der Waals surface area contributed by atoms with Crippen molar-refractivity contribution in [1.29, 1.82) is 0 Å². The molecule has 0 saturated carbocycles. The molecule has 0 saturated heterocycles. The average Bonchev–Trinajstić information content (AvgIpc) is 3.56. The first-order valence-electron chi connectivity index (χ1n) is 18.0. The second-order valence-electron chi connectivity index (χ2n) is 12.6. The zero-order valence-corrected chi connectivity index (χ0v) is 33.7. The van der Waals surface area contributed by atoms with Gasteiger partial charge in [-0.25, -0.2) is 4.79 Å². The van der Waals surface area contributed by atoms with E-state index in [9.17, 15) is 24.0 Å². The van der Waals surface area contributed by atoms with E-state index in [-0.39, 0.29) is 27.7 Å². The predicted octanol–water partition coefficient (Wildman–Crippen LogP) is 10.0. The van der Waals surface area contributed by atoms with Crippen LogP contribution in [0.3, 0.4) is 0 Å². The highest BCUT2D eigenvalue weighted by Gasteiger charge is 2.30. The minimum atomic E-state index is -0.836. The molecule has 10 nitrogen and oxygen atoms in total. The number of thioether (sulfide) groups is 1. The number of nitrogens with one attached hydrogen (secondary N) is 4. The molecule has 0 fully saturated rings. The molecular weight excluding hydrogens is 792 g/mol. The molecule has 5 aromatic carbocycles. The van der Waals surface area contributed by atoms with Crippen LogP contribution in [0.2, 0.25) is 5.02 Å². The first-order valence-corrected chi connectivity index (χ1v) is 20.1. The van der Waals surface area contributed by atoms with Crippen LogP contribution in [0, 0.1) is 6.92 Å². The van der Waals surface area contributed by atoms with Crippen molar-refractivity contribution >= 4 is 86.7 Å². The highest BCUT2D eigenvalue weighted by Crippen LogP contribution is 2.40. The lowest BCUT2D eigenvalue weighted by Crippen LogP contribution is -2.30. The van der Waals surface area contributed by atoms with Crippen molar-refractivity contribution in [2.45, 2.75) is 24.0 Å². The number of anilines is 3. The summed E-state index contributed by atoms with van der Waals surface area (Å²) < 4.78 is 5.34. The number of para-hydroxylation sites is 1. The smallest absolute Gasteiger partial charge is 0.341 e. The molecule has 6 aromatic rings. The highest BCUT2D eigenvalue weighted by molar-refractivity contribution is 8.00. The summed E-state index contributed by atoms with van der Waals surface area (Å²) in [6.45, 7) is 3.42. The van der Waals surface area contributed by atoms with E-state index in [4.69, 9.17) is 16.3 Å². The van der Waals surface area contributed by atoms with E-state index in [1.165, 1.54) is 11.8 Å². The Morgan fingerprint density at radius 2 is 1.38 bits per heavy atom. The zero-order valence-electron chi connectivity index (χ0n) is 31.3. The van der Waals surface area contributed by atoms with Gasteiger partial charge in [-0.2, -0.15) is 0 Å². The standard InChI is InChI=1S/C45H37ClN4O6S2/c1-3-56-45(55)37-28(2)38(42(53)47-33-18-11-6-12-19-33)58-44(37)50-43(54)39(30-14-7-4-8-15-30)57-35-21-13-20-34(27-35)48-41(52)36(26-29-22-24-32(46)25-23-29)49-40(51)31-16-9-5-10-17-31/h4-27,39H,3H2,1-2H3,(H,47,53)(H,48,52)(H,49,51)(H,50,54)/b36-26-. The lowest BCUT2D eigenvalue weighted by Gasteiger charge is -2.18. The number of carbonyl (C=O) groups excluding carboxylic acids is 5. The number of hydrogen-bond acceptors (Lipinski definition) is 8. The lowest BCUT2D eigenvalue weighted by atomic mass is 10.1. The van der Waals surface area contributed by atoms with E-state index in [1.54, 1.807) is 123 Å². The number of ether oxygens (including phenoxy) is 1. The Morgan fingerprint density at radius 1 is 0.741 bits per heavy atom. The lowest BCUT2D eigenvalue weighted by molar-refractivity contribution is -0.116. The SMILES string of the molecule is CCOC(=O)c1c(NC(=O)C(Sc2cccc(NC(=O)/C(=C/c3ccc(Cl)cc3)NC(=O)c3ccccc3)c2)c2ccccc2)sc(C(=O)Nc2ccccc2)c1C. The molecule has 0 aliphatic rings. The van der Waals surface area contributed by atoms with E-state index in [2.05, 4.69) is 21.3 Å². The molecule has 6 rings (SSSR count). The molecule has 0 bridgehead atoms. The second-order valence-corrected chi connectivity index (χ2v) is 15.2. The van der Waals surface area contributed by atoms with Crippen LogP contribution in [-0.4, -0.2) is 36.2 Å². The fraction of sp³-hybridized carbons (Fsp3) is 0.0889. The highest BCUT2D eigenvalue weighted by atomic mass is 35.5. The minimum Gasteiger partial charge on any atom is -0.462 e. The van der Waals surface area contributed by atoms with Crippen molar-refractivity contribution in [1.82, 2.24) is 5.32 Å². The Bertz CT molecular complexity index is 2460. The van der Waals surface area contributed by atoms with Gasteiger partial charge in [-0.15, -0.1) is 23.1 Å². The van der Waals surface area contributed by atoms with Crippen LogP contribution in [0.4, 0.5) is 16.4 Å². The number of esters is 1. The van der Waals surface area contributed by atoms with Gasteiger partial charge in [0, 0.05) is 26.9 Å². The van der Waals surface area contributed by atoms with Crippen molar-refractivity contribution < 1.29 is 28.7 Å². The van der Waals surface area contributed by atoms with Crippen LogP contribution in [0.5, 0.6) is 0 Å². The van der Waals surface area contributed by atoms with Crippen molar-refractivity contribution in [3.63, 3.8) is 0 Å². The second kappa shape index (κ2) is 19.6. The molecule has 1 atom stereocenters. The van der Waals surface area contributed by atoms with Crippen molar-refractivity contribution in [3.05, 3.63) is 183 Å². The van der Waals surface area contributed by atoms with Gasteiger partial charge < -0.3 is 26.0 Å². The number of amides is 4. The van der Waals surface area contributed by atoms with E-state index >= 15 is 0 Å². The Balaban J connectivity index is 1.26. The maximum Gasteiger partial charge on any atom is 0.341 e. The molecule has 4 N–H and O–H groups in total. The van der Waals surface area contributed by atoms with E-state index < -0.39 is 34.8 Å². The Morgan fingerprint density at radius 3 is 2.05 bits per heavy atom. The number of carbonyl (C=O) groups is 5. The summed E-state index contributed by atoms with van der Waals surface area (Å²) in [5, 5.41) is 11.2. The van der Waals surface area contributed by atoms with Crippen molar-refractivity contribution in [3.8, 4) is 0 Å². The van der Waals surface area contributed by atoms with Gasteiger partial charge >= 0.3 is 5.97 Å². The summed E-state index contributed by atoms with van der Waals surface area (Å²) >= 11 is 8.29. The normalized spacial score (nSPS) is 11.5. The van der Waals surface area contributed by atoms with Gasteiger partial charge in [-0.05, 0) is 91.2 Å². The predicted molar refractivity (Wildman–Crippen MR) is 231 cm³/mol. The molecule has 0 aliphatic carbocycles. The molecule has 1 unspecified atom stereocenters. The molecular formula is C45H37ClN4O6S2. The number of benzene rings is 5. The van der Waals surface area contributed by atoms with E-state index in [0.717, 1.165) is 11.3 Å². The van der Waals surface area contributed by atoms with Crippen molar-refractivity contribution in [2.75, 3.05) is 22.6 Å². The summed E-state index contributed by atoms with van der Waals surface area (Å²) in [6, 6.07) is 40.3. The molecule has 58 heavy (non-hydrogen) atoms. The fourth-order valence-electron chi connectivity index (χ4n) is 5.70. The van der Waals surface area contributed by atoms with Crippen molar-refractivity contribution in [2.24, 2.45) is 0 Å². The third-order valence-corrected chi connectivity index (χ3v) is 11.2. The number of halogens is 1. The summed E-state index contributed by atoms with van der Waals surface area (Å²) in [5.41, 5.74) is 3.14. The van der Waals surface area contributed by atoms with E-state index in [0.29, 0.717) is 43.5 Å². The molecule has 0 aliphatic heterocycles. The summed E-state index contributed by atoms with van der Waals surface area (Å²) in [7, 11) is 0. The molecule has 292 valence electrons. The molecule has 4 amide bonds. The van der Waals surface area contributed by atoms with Crippen LogP contribution in [0.25, 0.3) is 6.08 Å². The molecule has 1 aromatic heterocycles. The van der Waals surface area contributed by atoms with Gasteiger partial charge in [0.2, 0.25) is 5.91 Å². The Kier molecular flexibility index (Phi) is 13.9. The molecule has 13 heteroatoms. The summed E-state index contributed by atoms with van der Waals surface area (Å²) in [5.74, 6) is -2.59. The Labute approximate surface area is 348 Å². The first-order chi connectivity index (χ1) is 28.1. The van der Waals surface area contributed by atoms with Crippen LogP contribution in [0.15, 0.2) is 150 Å². The minimum absolute atomic E-state index is 0.00349. The van der Waals surface area contributed by atoms with Crippen LogP contribution < -0.4 is 21.3 Å². The number of thiophene rings is 1. The van der Waals surface area contributed by atoms with Gasteiger partial charge in [0.25, 0.3) is 17.7 Å². The monoisotopic (exact) mass is 828 g/mol. The van der Waals surface area contributed by atoms with E-state index in [1.807, 2.05) is 36.4 Å². The zero-order chi connectivity index (χ0) is 41.0. The van der Waals surface area contributed by atoms with Gasteiger partial charge in [0.05, 0.1) is 17.0 Å². The third kappa shape index (κ3) is 10.7. The first kappa shape index (κ1) is 41.2.